The van der Waals surface area contributed by atoms with Crippen molar-refractivity contribution in [1.82, 2.24) is 0 Å². The fraction of sp³-hybridized carbons (Fsp3) is 0.165. The molecule has 0 bridgehead atoms. The van der Waals surface area contributed by atoms with Gasteiger partial charge in [-0.15, -0.1) is 0 Å². The van der Waals surface area contributed by atoms with Crippen LogP contribution in [-0.4, -0.2) is 54.0 Å². The van der Waals surface area contributed by atoms with E-state index < -0.39 is 37.7 Å². The molecule has 0 aromatic heterocycles. The average Bonchev–Trinajstić information content (AvgIpc) is 0.725. The molecule has 2 aliphatic heterocycles. The molecule has 0 N–H and O–H groups in total. The summed E-state index contributed by atoms with van der Waals surface area (Å²) in [6, 6.07) is 99.4. The molecule has 0 saturated carbocycles. The molecule has 0 fully saturated rings. The molecule has 0 radical (unpaired) electrons. The van der Waals surface area contributed by atoms with E-state index >= 15 is 0 Å². The van der Waals surface area contributed by atoms with E-state index in [0.717, 1.165) is 0 Å². The van der Waals surface area contributed by atoms with Crippen molar-refractivity contribution in [2.24, 2.45) is 0 Å². The average molecular weight is 1240 g/mol. The Hall–Kier alpha value is -7.33. The molecule has 0 atom stereocenters. The van der Waals surface area contributed by atoms with Crippen molar-refractivity contribution in [3.05, 3.63) is 277 Å². The zero-order chi connectivity index (χ0) is 59.9. The third-order valence-electron chi connectivity index (χ3n) is 18.2. The van der Waals surface area contributed by atoms with Crippen LogP contribution in [0.5, 0.6) is 0 Å². The maximum atomic E-state index is 2.74. The second-order valence-corrected chi connectivity index (χ2v) is 50.8. The maximum absolute atomic E-state index is 2.74. The number of rotatable bonds is 13. The van der Waals surface area contributed by atoms with E-state index in [0.29, 0.717) is 0 Å². The van der Waals surface area contributed by atoms with Crippen LogP contribution in [0.3, 0.4) is 0 Å². The summed E-state index contributed by atoms with van der Waals surface area (Å²) >= 11 is -0.0657. The van der Waals surface area contributed by atoms with Gasteiger partial charge in [0.05, 0.1) is 0 Å². The normalized spacial score (nSPS) is 13.3. The molecule has 7 heteroatoms. The van der Waals surface area contributed by atoms with Crippen LogP contribution in [0.2, 0.25) is 78.6 Å². The minimum atomic E-state index is -1.73. The van der Waals surface area contributed by atoms with Gasteiger partial charge in [0.1, 0.15) is 0 Å². The number of hydrogen-bond acceptors (Lipinski definition) is 1. The predicted octanol–water partition coefficient (Wildman–Crippen LogP) is 15.2. The van der Waals surface area contributed by atoms with E-state index in [2.05, 4.69) is 338 Å². The summed E-state index contributed by atoms with van der Waals surface area (Å²) in [5.41, 5.74) is 22.3. The SMILES string of the molecule is C[Si](C)(C)c1cc(-c2ccc3c(c2)B2c4cc(-c5cc([Si](C)(C)C)cc([Si](C)(C)C)c5)ccc4N(c4c(-c5ccccc5)cccc4-c4ccccc4)c4cc(C(c5ccccc5)(c5ccccc5)c5ccccc5)cc(c42)[Se]3)cc([Si](C)(C)C)c1. The van der Waals surface area contributed by atoms with Gasteiger partial charge in [-0.25, -0.2) is 0 Å². The van der Waals surface area contributed by atoms with Crippen molar-refractivity contribution in [3.63, 3.8) is 0 Å². The van der Waals surface area contributed by atoms with E-state index in [1.165, 1.54) is 120 Å². The fourth-order valence-corrected chi connectivity index (χ4v) is 20.9. The number of fused-ring (bicyclic) bond motifs is 4. The predicted molar refractivity (Wildman–Crippen MR) is 389 cm³/mol. The molecule has 1 nitrogen and oxygen atoms in total. The summed E-state index contributed by atoms with van der Waals surface area (Å²) in [6.45, 7) is 30.1. The molecule has 0 saturated heterocycles. The Bertz CT molecular complexity index is 4130. The van der Waals surface area contributed by atoms with Gasteiger partial charge >= 0.3 is 528 Å². The molecular weight excluding hydrogens is 1160 g/mol. The van der Waals surface area contributed by atoms with Crippen molar-refractivity contribution in [3.8, 4) is 44.5 Å². The molecule has 0 spiro atoms. The molecule has 86 heavy (non-hydrogen) atoms. The fourth-order valence-electron chi connectivity index (χ4n) is 13.4. The Morgan fingerprint density at radius 2 is 0.698 bits per heavy atom. The first-order valence-corrected chi connectivity index (χ1v) is 46.6. The first kappa shape index (κ1) is 57.7. The standard InChI is InChI=1S/C79H78BNSeSi4/c1-83(2,3)65-45-59(46-66(53-65)84(4,5)6)57-41-43-73-71(49-57)80-72-50-58(60-47-67(85(7,8)9)54-68(48-60)86(10,11)12)42-44-75(72)82-76-52-64(79(61-33-22-15-23-34-61,62-35-24-16-25-36-62)63-37-26-17-27-38-63)51-74(77(76)80)81(73)78-69(55-29-18-13-19-30-55)39-28-40-70(78)56-31-20-14-21-32-56/h13-54H,1-12H3. The van der Waals surface area contributed by atoms with Gasteiger partial charge in [-0.3, -0.25) is 0 Å². The molecule has 11 aromatic rings. The molecule has 0 amide bonds. The van der Waals surface area contributed by atoms with Gasteiger partial charge in [-0.2, -0.15) is 0 Å². The Balaban J connectivity index is 1.19. The summed E-state index contributed by atoms with van der Waals surface area (Å²) in [6.07, 6.45) is 0. The van der Waals surface area contributed by atoms with Crippen LogP contribution in [-0.2, 0) is 5.41 Å². The molecule has 13 rings (SSSR count). The third kappa shape index (κ3) is 10.5. The number of benzene rings is 11. The first-order chi connectivity index (χ1) is 41.2. The van der Waals surface area contributed by atoms with Gasteiger partial charge in [-0.1, -0.05) is 0 Å². The van der Waals surface area contributed by atoms with Crippen molar-refractivity contribution < 1.29 is 0 Å². The van der Waals surface area contributed by atoms with Crippen molar-refractivity contribution in [2.45, 2.75) is 84.0 Å². The molecule has 0 unspecified atom stereocenters. The Morgan fingerprint density at radius 3 is 1.12 bits per heavy atom. The summed E-state index contributed by atoms with van der Waals surface area (Å²) in [5, 5.41) is 6.15. The van der Waals surface area contributed by atoms with Crippen LogP contribution in [0.1, 0.15) is 22.3 Å². The van der Waals surface area contributed by atoms with E-state index in [4.69, 9.17) is 0 Å². The van der Waals surface area contributed by atoms with Gasteiger partial charge in [0.2, 0.25) is 0 Å². The Labute approximate surface area is 523 Å². The van der Waals surface area contributed by atoms with Crippen LogP contribution < -0.4 is 51.0 Å². The topological polar surface area (TPSA) is 3.24 Å². The van der Waals surface area contributed by atoms with E-state index in [1.54, 1.807) is 10.4 Å². The number of hydrogen-bond donors (Lipinski definition) is 0. The van der Waals surface area contributed by atoms with Gasteiger partial charge in [0, 0.05) is 0 Å². The summed E-state index contributed by atoms with van der Waals surface area (Å²) in [5.74, 6) is 0. The van der Waals surface area contributed by atoms with Crippen LogP contribution in [0.15, 0.2) is 255 Å². The Kier molecular flexibility index (Phi) is 14.8. The quantitative estimate of drug-likeness (QED) is 0.0821. The first-order valence-electron chi connectivity index (χ1n) is 30.8. The number of anilines is 3. The third-order valence-corrected chi connectivity index (χ3v) is 28.7. The molecule has 11 aromatic carbocycles. The zero-order valence-electron chi connectivity index (χ0n) is 52.2. The zero-order valence-corrected chi connectivity index (χ0v) is 57.9. The molecule has 0 aliphatic carbocycles. The second kappa shape index (κ2) is 22.1. The van der Waals surface area contributed by atoms with Crippen LogP contribution in [0, 0.1) is 0 Å². The van der Waals surface area contributed by atoms with Gasteiger partial charge in [0.15, 0.2) is 0 Å². The monoisotopic (exact) mass is 1240 g/mol. The molecular formula is C79H78BNSeSi4. The summed E-state index contributed by atoms with van der Waals surface area (Å²) in [4.78, 5) is 2.74. The second-order valence-electron chi connectivity index (χ2n) is 28.2. The molecule has 2 aliphatic rings. The Morgan fingerprint density at radius 1 is 0.302 bits per heavy atom. The number of nitrogens with zero attached hydrogens (tertiary/aromatic N) is 1. The number of para-hydroxylation sites is 1. The van der Waals surface area contributed by atoms with Gasteiger partial charge in [-0.05, 0) is 0 Å². The molecule has 2 heterocycles. The van der Waals surface area contributed by atoms with Crippen molar-refractivity contribution in [2.75, 3.05) is 4.90 Å². The summed E-state index contributed by atoms with van der Waals surface area (Å²) < 4.78 is 2.89. The summed E-state index contributed by atoms with van der Waals surface area (Å²) in [7, 11) is -6.83. The van der Waals surface area contributed by atoms with Crippen molar-refractivity contribution in [1.29, 1.82) is 0 Å². The van der Waals surface area contributed by atoms with E-state index in [9.17, 15) is 0 Å². The van der Waals surface area contributed by atoms with Crippen LogP contribution in [0.25, 0.3) is 44.5 Å². The molecule has 424 valence electrons. The van der Waals surface area contributed by atoms with Gasteiger partial charge < -0.3 is 0 Å². The van der Waals surface area contributed by atoms with Gasteiger partial charge in [0.25, 0.3) is 0 Å². The van der Waals surface area contributed by atoms with E-state index in [-0.39, 0.29) is 21.7 Å². The van der Waals surface area contributed by atoms with E-state index in [1.807, 2.05) is 0 Å². The van der Waals surface area contributed by atoms with Crippen molar-refractivity contribution >= 4 is 117 Å². The van der Waals surface area contributed by atoms with Crippen LogP contribution >= 0.6 is 0 Å². The van der Waals surface area contributed by atoms with Crippen LogP contribution in [0.4, 0.5) is 17.1 Å². The minimum absolute atomic E-state index is 0.0530.